The van der Waals surface area contributed by atoms with E-state index in [1.807, 2.05) is 0 Å². The average Bonchev–Trinajstić information content (AvgIpc) is 3.15. The normalized spacial score (nSPS) is 11.1. The van der Waals surface area contributed by atoms with E-state index in [1.54, 1.807) is 0 Å². The van der Waals surface area contributed by atoms with Gasteiger partial charge in [0.1, 0.15) is 0 Å². The number of nitrogens with zero attached hydrogens (tertiary/aromatic N) is 2. The van der Waals surface area contributed by atoms with Crippen molar-refractivity contribution >= 4 is 85.4 Å². The van der Waals surface area contributed by atoms with Crippen LogP contribution >= 0.6 is 43.8 Å². The standard InChI is InChI=1S/C42H39Cl3N2SSi/c43-48-31-7-9-33-15-23-39(24-16-33)46(37-11-3-1-4-12-37)41-27-19-35(20-28-41)36-21-29-42(30-22-36)47(38-13-5-2-6-14-38)40-25-17-34(18-26-40)10-8-32-49(44)45/h1-6,11-30,49H,7-10,31-32H2. The highest BCUT2D eigenvalue weighted by Gasteiger charge is 2.15. The number of rotatable bonds is 15. The van der Waals surface area contributed by atoms with Gasteiger partial charge in [0.15, 0.2) is 0 Å². The fraction of sp³-hybridized carbons (Fsp3) is 0.143. The molecule has 0 aromatic heterocycles. The molecule has 0 spiro atoms. The molecule has 49 heavy (non-hydrogen) atoms. The lowest BCUT2D eigenvalue weighted by molar-refractivity contribution is 0.916. The van der Waals surface area contributed by atoms with Crippen molar-refractivity contribution in [3.63, 3.8) is 0 Å². The minimum Gasteiger partial charge on any atom is -0.311 e. The summed E-state index contributed by atoms with van der Waals surface area (Å²) in [5.41, 5.74) is 11.7. The number of para-hydroxylation sites is 2. The highest BCUT2D eigenvalue weighted by molar-refractivity contribution is 8.21. The van der Waals surface area contributed by atoms with E-state index in [2.05, 4.69) is 168 Å². The summed E-state index contributed by atoms with van der Waals surface area (Å²) in [6, 6.07) is 57.4. The maximum atomic E-state index is 6.07. The molecule has 0 aliphatic rings. The molecule has 6 rings (SSSR count). The second-order valence-electron chi connectivity index (χ2n) is 12.0. The van der Waals surface area contributed by atoms with Crippen LogP contribution in [0.2, 0.25) is 6.04 Å². The molecule has 0 amide bonds. The summed E-state index contributed by atoms with van der Waals surface area (Å²) in [4.78, 5) is 4.61. The first-order valence-corrected chi connectivity index (χ1v) is 22.8. The molecule has 6 aromatic rings. The predicted octanol–water partition coefficient (Wildman–Crippen LogP) is 13.7. The van der Waals surface area contributed by atoms with E-state index >= 15 is 0 Å². The Kier molecular flexibility index (Phi) is 12.8. The smallest absolute Gasteiger partial charge is 0.237 e. The summed E-state index contributed by atoms with van der Waals surface area (Å²) in [5, 5.41) is 0. The van der Waals surface area contributed by atoms with Crippen LogP contribution < -0.4 is 9.80 Å². The van der Waals surface area contributed by atoms with E-state index in [-0.39, 0.29) is 0 Å². The maximum Gasteiger partial charge on any atom is 0.237 e. The van der Waals surface area contributed by atoms with Crippen molar-refractivity contribution < 1.29 is 0 Å². The Bertz CT molecular complexity index is 1850. The number of hydrogen-bond acceptors (Lipinski definition) is 3. The molecule has 0 atom stereocenters. The van der Waals surface area contributed by atoms with E-state index in [1.165, 1.54) is 33.2 Å². The number of anilines is 6. The van der Waals surface area contributed by atoms with Gasteiger partial charge in [0, 0.05) is 39.9 Å². The van der Waals surface area contributed by atoms with Crippen LogP contribution in [-0.2, 0) is 12.8 Å². The molecule has 0 bridgehead atoms. The zero-order valence-corrected chi connectivity index (χ0v) is 31.5. The fourth-order valence-corrected chi connectivity index (χ4v) is 8.09. The zero-order valence-electron chi connectivity index (χ0n) is 27.3. The Morgan fingerprint density at radius 2 is 0.776 bits per heavy atom. The van der Waals surface area contributed by atoms with Crippen molar-refractivity contribution in [1.82, 2.24) is 0 Å². The van der Waals surface area contributed by atoms with Crippen LogP contribution in [0.15, 0.2) is 158 Å². The Balaban J connectivity index is 1.23. The number of benzene rings is 6. The van der Waals surface area contributed by atoms with E-state index in [9.17, 15) is 0 Å². The van der Waals surface area contributed by atoms with Gasteiger partial charge in [-0.05, 0) is 137 Å². The van der Waals surface area contributed by atoms with Gasteiger partial charge in [0.25, 0.3) is 0 Å². The topological polar surface area (TPSA) is 6.48 Å². The molecule has 0 fully saturated rings. The highest BCUT2D eigenvalue weighted by Crippen LogP contribution is 2.38. The van der Waals surface area contributed by atoms with E-state index in [0.29, 0.717) is 0 Å². The van der Waals surface area contributed by atoms with Crippen LogP contribution in [0.1, 0.15) is 24.0 Å². The van der Waals surface area contributed by atoms with E-state index in [4.69, 9.17) is 32.8 Å². The van der Waals surface area contributed by atoms with E-state index in [0.717, 1.165) is 71.6 Å². The van der Waals surface area contributed by atoms with Crippen LogP contribution in [0.5, 0.6) is 0 Å². The Hall–Kier alpha value is -3.64. The third-order valence-corrected chi connectivity index (χ3v) is 11.6. The van der Waals surface area contributed by atoms with E-state index < -0.39 is 7.42 Å². The molecule has 2 nitrogen and oxygen atoms in total. The number of aryl methyl sites for hydroxylation is 2. The number of halogens is 3. The van der Waals surface area contributed by atoms with Gasteiger partial charge in [-0.15, -0.1) is 0 Å². The fourth-order valence-electron chi connectivity index (χ4n) is 6.07. The van der Waals surface area contributed by atoms with Crippen LogP contribution in [0.3, 0.4) is 0 Å². The van der Waals surface area contributed by atoms with Crippen LogP contribution in [0.4, 0.5) is 34.1 Å². The molecule has 0 unspecified atom stereocenters. The number of hydrogen-bond donors (Lipinski definition) is 0. The monoisotopic (exact) mass is 736 g/mol. The first-order chi connectivity index (χ1) is 24.1. The lowest BCUT2D eigenvalue weighted by Gasteiger charge is -2.26. The van der Waals surface area contributed by atoms with Gasteiger partial charge < -0.3 is 9.80 Å². The molecule has 0 radical (unpaired) electrons. The van der Waals surface area contributed by atoms with Gasteiger partial charge >= 0.3 is 0 Å². The third kappa shape index (κ3) is 9.54. The van der Waals surface area contributed by atoms with Crippen LogP contribution in [0, 0.1) is 0 Å². The average molecular weight is 738 g/mol. The summed E-state index contributed by atoms with van der Waals surface area (Å²) in [6.07, 6.45) is 4.12. The summed E-state index contributed by atoms with van der Waals surface area (Å²) in [6.45, 7) is 0. The SMILES string of the molecule is ClSCCCc1ccc(N(c2ccccc2)c2ccc(-c3ccc(N(c4ccccc4)c4ccc(CCC[SiH](Cl)Cl)cc4)cc3)cc2)cc1. The molecular formula is C42H39Cl3N2SSi. The second-order valence-corrected chi connectivity index (χ2v) is 18.4. The molecule has 7 heteroatoms. The van der Waals surface area contributed by atoms with Crippen molar-refractivity contribution in [2.24, 2.45) is 0 Å². The van der Waals surface area contributed by atoms with Gasteiger partial charge in [0.2, 0.25) is 7.42 Å². The molecule has 0 aliphatic heterocycles. The second kappa shape index (κ2) is 17.8. The van der Waals surface area contributed by atoms with Gasteiger partial charge in [-0.1, -0.05) is 95.9 Å². The molecule has 248 valence electrons. The van der Waals surface area contributed by atoms with Gasteiger partial charge in [-0.2, -0.15) is 22.2 Å². The summed E-state index contributed by atoms with van der Waals surface area (Å²) >= 11 is 12.1. The molecule has 0 aliphatic carbocycles. The third-order valence-electron chi connectivity index (χ3n) is 8.58. The predicted molar refractivity (Wildman–Crippen MR) is 220 cm³/mol. The first-order valence-electron chi connectivity index (χ1n) is 16.7. The molecule has 0 N–H and O–H groups in total. The molecular weight excluding hydrogens is 699 g/mol. The first kappa shape index (κ1) is 35.2. The van der Waals surface area contributed by atoms with Crippen LogP contribution in [-0.4, -0.2) is 13.2 Å². The van der Waals surface area contributed by atoms with Crippen molar-refractivity contribution in [1.29, 1.82) is 0 Å². The Labute approximate surface area is 310 Å². The molecule has 6 aromatic carbocycles. The van der Waals surface area contributed by atoms with Gasteiger partial charge in [-0.3, -0.25) is 0 Å². The van der Waals surface area contributed by atoms with Crippen LogP contribution in [0.25, 0.3) is 11.1 Å². The zero-order chi connectivity index (χ0) is 33.8. The minimum atomic E-state index is -1.56. The largest absolute Gasteiger partial charge is 0.311 e. The molecule has 0 saturated carbocycles. The molecule has 0 saturated heterocycles. The van der Waals surface area contributed by atoms with Crippen molar-refractivity contribution in [3.8, 4) is 11.1 Å². The molecule has 0 heterocycles. The lowest BCUT2D eigenvalue weighted by Crippen LogP contribution is -2.10. The quantitative estimate of drug-likeness (QED) is 0.0589. The Morgan fingerprint density at radius 1 is 0.429 bits per heavy atom. The highest BCUT2D eigenvalue weighted by atomic mass is 35.7. The lowest BCUT2D eigenvalue weighted by atomic mass is 10.0. The summed E-state index contributed by atoms with van der Waals surface area (Å²) in [7, 11) is 5.64. The summed E-state index contributed by atoms with van der Waals surface area (Å²) < 4.78 is 0. The van der Waals surface area contributed by atoms with Crippen molar-refractivity contribution in [2.45, 2.75) is 31.7 Å². The Morgan fingerprint density at radius 3 is 1.14 bits per heavy atom. The van der Waals surface area contributed by atoms with Gasteiger partial charge in [0.05, 0.1) is 0 Å². The summed E-state index contributed by atoms with van der Waals surface area (Å²) in [5.74, 6) is 0.959. The minimum absolute atomic E-state index is 0.935. The maximum absolute atomic E-state index is 6.07. The van der Waals surface area contributed by atoms with Gasteiger partial charge in [-0.25, -0.2) is 0 Å². The van der Waals surface area contributed by atoms with Crippen molar-refractivity contribution in [3.05, 3.63) is 169 Å². The van der Waals surface area contributed by atoms with Crippen molar-refractivity contribution in [2.75, 3.05) is 15.6 Å².